The van der Waals surface area contributed by atoms with Crippen LogP contribution in [0, 0.1) is 0 Å². The molecule has 0 spiro atoms. The Morgan fingerprint density at radius 2 is 2.07 bits per heavy atom. The summed E-state index contributed by atoms with van der Waals surface area (Å²) in [5.74, 6) is -0.200. The zero-order chi connectivity index (χ0) is 10.7. The lowest BCUT2D eigenvalue weighted by molar-refractivity contribution is 0.0998. The largest absolute Gasteiger partial charge is 0.327 e. The lowest BCUT2D eigenvalue weighted by Gasteiger charge is -1.93. The molecule has 0 aliphatic heterocycles. The lowest BCUT2D eigenvalue weighted by Crippen LogP contribution is -2.12. The van der Waals surface area contributed by atoms with Gasteiger partial charge < -0.3 is 4.57 Å². The van der Waals surface area contributed by atoms with E-state index in [1.54, 1.807) is 12.1 Å². The number of amides is 1. The van der Waals surface area contributed by atoms with Crippen LogP contribution in [0.25, 0.3) is 0 Å². The van der Waals surface area contributed by atoms with E-state index in [2.05, 4.69) is 4.99 Å². The van der Waals surface area contributed by atoms with Crippen molar-refractivity contribution in [1.82, 2.24) is 4.57 Å². The summed E-state index contributed by atoms with van der Waals surface area (Å²) in [7, 11) is 1.87. The van der Waals surface area contributed by atoms with E-state index >= 15 is 0 Å². The maximum absolute atomic E-state index is 11.7. The first kappa shape index (κ1) is 9.86. The highest BCUT2D eigenvalue weighted by Gasteiger charge is 2.02. The van der Waals surface area contributed by atoms with Crippen molar-refractivity contribution < 1.29 is 4.79 Å². The van der Waals surface area contributed by atoms with Gasteiger partial charge in [-0.1, -0.05) is 18.2 Å². The van der Waals surface area contributed by atoms with Crippen LogP contribution >= 0.6 is 11.3 Å². The molecule has 3 nitrogen and oxygen atoms in total. The molecule has 4 heteroatoms. The molecule has 76 valence electrons. The topological polar surface area (TPSA) is 34.4 Å². The first-order valence-electron chi connectivity index (χ1n) is 4.51. The minimum atomic E-state index is -0.200. The first-order valence-corrected chi connectivity index (χ1v) is 5.39. The van der Waals surface area contributed by atoms with Gasteiger partial charge in [-0.25, -0.2) is 0 Å². The molecule has 2 rings (SSSR count). The van der Waals surface area contributed by atoms with Crippen molar-refractivity contribution in [3.63, 3.8) is 0 Å². The third-order valence-corrected chi connectivity index (χ3v) is 2.83. The molecule has 1 amide bonds. The fraction of sp³-hybridized carbons (Fsp3) is 0.0909. The quantitative estimate of drug-likeness (QED) is 0.719. The van der Waals surface area contributed by atoms with Crippen LogP contribution in [0.4, 0.5) is 0 Å². The van der Waals surface area contributed by atoms with Gasteiger partial charge in [-0.3, -0.25) is 4.79 Å². The molecule has 2 aromatic rings. The molecule has 15 heavy (non-hydrogen) atoms. The normalized spacial score (nSPS) is 11.7. The number of thiazole rings is 1. The van der Waals surface area contributed by atoms with Crippen molar-refractivity contribution in [3.8, 4) is 0 Å². The molecule has 0 N–H and O–H groups in total. The predicted molar refractivity (Wildman–Crippen MR) is 59.6 cm³/mol. The van der Waals surface area contributed by atoms with Crippen LogP contribution in [0.3, 0.4) is 0 Å². The van der Waals surface area contributed by atoms with Crippen molar-refractivity contribution in [2.24, 2.45) is 12.0 Å². The summed E-state index contributed by atoms with van der Waals surface area (Å²) in [4.78, 5) is 16.4. The van der Waals surface area contributed by atoms with E-state index in [4.69, 9.17) is 0 Å². The van der Waals surface area contributed by atoms with Gasteiger partial charge in [0, 0.05) is 24.2 Å². The number of carbonyl (C=O) groups is 1. The molecule has 0 saturated heterocycles. The Kier molecular flexibility index (Phi) is 2.78. The van der Waals surface area contributed by atoms with Crippen LogP contribution in [-0.4, -0.2) is 10.5 Å². The fourth-order valence-electron chi connectivity index (χ4n) is 1.17. The summed E-state index contributed by atoms with van der Waals surface area (Å²) in [5, 5.41) is 1.90. The average Bonchev–Trinajstić information content (AvgIpc) is 2.66. The van der Waals surface area contributed by atoms with Gasteiger partial charge in [0.15, 0.2) is 4.80 Å². The highest BCUT2D eigenvalue weighted by molar-refractivity contribution is 7.07. The number of benzene rings is 1. The van der Waals surface area contributed by atoms with E-state index in [0.717, 1.165) is 0 Å². The molecule has 1 aromatic heterocycles. The number of hydrogen-bond acceptors (Lipinski definition) is 2. The van der Waals surface area contributed by atoms with Crippen molar-refractivity contribution >= 4 is 17.2 Å². The highest BCUT2D eigenvalue weighted by Crippen LogP contribution is 2.00. The van der Waals surface area contributed by atoms with Crippen LogP contribution in [0.5, 0.6) is 0 Å². The summed E-state index contributed by atoms with van der Waals surface area (Å²) in [6.45, 7) is 0. The van der Waals surface area contributed by atoms with Crippen LogP contribution < -0.4 is 4.80 Å². The Morgan fingerprint density at radius 1 is 1.33 bits per heavy atom. The number of hydrogen-bond donors (Lipinski definition) is 0. The minimum Gasteiger partial charge on any atom is -0.327 e. The summed E-state index contributed by atoms with van der Waals surface area (Å²) in [6.07, 6.45) is 1.88. The number of aromatic nitrogens is 1. The molecule has 0 aliphatic rings. The molecule has 0 atom stereocenters. The molecule has 1 aromatic carbocycles. The smallest absolute Gasteiger partial charge is 0.279 e. The Balaban J connectivity index is 2.36. The van der Waals surface area contributed by atoms with Crippen molar-refractivity contribution in [2.45, 2.75) is 0 Å². The summed E-state index contributed by atoms with van der Waals surface area (Å²) >= 11 is 1.45. The van der Waals surface area contributed by atoms with E-state index in [1.807, 2.05) is 41.4 Å². The molecule has 0 saturated carbocycles. The van der Waals surface area contributed by atoms with Crippen LogP contribution in [0.2, 0.25) is 0 Å². The molecule has 0 unspecified atom stereocenters. The Labute approximate surface area is 91.3 Å². The number of rotatable bonds is 1. The Hall–Kier alpha value is -1.68. The van der Waals surface area contributed by atoms with E-state index in [0.29, 0.717) is 10.4 Å². The Morgan fingerprint density at radius 3 is 2.67 bits per heavy atom. The molecular weight excluding hydrogens is 208 g/mol. The van der Waals surface area contributed by atoms with Crippen molar-refractivity contribution in [1.29, 1.82) is 0 Å². The number of carbonyl (C=O) groups excluding carboxylic acids is 1. The molecular formula is C11H10N2OS. The van der Waals surface area contributed by atoms with E-state index < -0.39 is 0 Å². The minimum absolute atomic E-state index is 0.200. The Bertz CT molecular complexity index is 525. The summed E-state index contributed by atoms with van der Waals surface area (Å²) in [5.41, 5.74) is 0.617. The maximum Gasteiger partial charge on any atom is 0.279 e. The van der Waals surface area contributed by atoms with Crippen LogP contribution in [0.1, 0.15) is 10.4 Å². The van der Waals surface area contributed by atoms with E-state index in [9.17, 15) is 4.79 Å². The van der Waals surface area contributed by atoms with Gasteiger partial charge in [-0.05, 0) is 12.1 Å². The van der Waals surface area contributed by atoms with Gasteiger partial charge in [0.2, 0.25) is 0 Å². The monoisotopic (exact) mass is 218 g/mol. The SMILES string of the molecule is Cn1ccsc1=NC(=O)c1ccccc1. The third kappa shape index (κ3) is 2.22. The second-order valence-electron chi connectivity index (χ2n) is 3.08. The van der Waals surface area contributed by atoms with E-state index in [-0.39, 0.29) is 5.91 Å². The summed E-state index contributed by atoms with van der Waals surface area (Å²) < 4.78 is 1.82. The highest BCUT2D eigenvalue weighted by atomic mass is 32.1. The van der Waals surface area contributed by atoms with E-state index in [1.165, 1.54) is 11.3 Å². The maximum atomic E-state index is 11.7. The molecule has 0 fully saturated rings. The zero-order valence-corrected chi connectivity index (χ0v) is 9.07. The van der Waals surface area contributed by atoms with Gasteiger partial charge in [0.05, 0.1) is 0 Å². The second-order valence-corrected chi connectivity index (χ2v) is 3.95. The second kappa shape index (κ2) is 4.23. The van der Waals surface area contributed by atoms with Gasteiger partial charge >= 0.3 is 0 Å². The van der Waals surface area contributed by atoms with Gasteiger partial charge in [-0.2, -0.15) is 4.99 Å². The first-order chi connectivity index (χ1) is 7.27. The van der Waals surface area contributed by atoms with Crippen LogP contribution in [-0.2, 0) is 7.05 Å². The van der Waals surface area contributed by atoms with Crippen LogP contribution in [0.15, 0.2) is 46.9 Å². The van der Waals surface area contributed by atoms with Crippen molar-refractivity contribution in [2.75, 3.05) is 0 Å². The zero-order valence-electron chi connectivity index (χ0n) is 8.25. The fourth-order valence-corrected chi connectivity index (χ4v) is 1.89. The lowest BCUT2D eigenvalue weighted by atomic mass is 10.2. The van der Waals surface area contributed by atoms with Gasteiger partial charge in [0.1, 0.15) is 0 Å². The average molecular weight is 218 g/mol. The summed E-state index contributed by atoms with van der Waals surface area (Å²) in [6, 6.07) is 9.06. The molecule has 0 aliphatic carbocycles. The standard InChI is InChI=1S/C11H10N2OS/c1-13-7-8-15-11(13)12-10(14)9-5-3-2-4-6-9/h2-8H,1H3. The molecule has 1 heterocycles. The number of aryl methyl sites for hydroxylation is 1. The predicted octanol–water partition coefficient (Wildman–Crippen LogP) is 1.83. The molecule has 0 radical (unpaired) electrons. The van der Waals surface area contributed by atoms with Gasteiger partial charge in [-0.15, -0.1) is 11.3 Å². The third-order valence-electron chi connectivity index (χ3n) is 1.98. The van der Waals surface area contributed by atoms with Gasteiger partial charge in [0.25, 0.3) is 5.91 Å². The van der Waals surface area contributed by atoms with Crippen molar-refractivity contribution in [3.05, 3.63) is 52.3 Å². The molecule has 0 bridgehead atoms. The number of nitrogens with zero attached hydrogens (tertiary/aromatic N) is 2.